The third-order valence-electron chi connectivity index (χ3n) is 3.86. The van der Waals surface area contributed by atoms with Crippen LogP contribution in [0.4, 0.5) is 5.82 Å². The van der Waals surface area contributed by atoms with Crippen LogP contribution in [0.5, 0.6) is 0 Å². The van der Waals surface area contributed by atoms with Gasteiger partial charge in [0.25, 0.3) is 0 Å². The fourth-order valence-corrected chi connectivity index (χ4v) is 2.79. The van der Waals surface area contributed by atoms with E-state index < -0.39 is 0 Å². The molecule has 2 nitrogen and oxygen atoms in total. The summed E-state index contributed by atoms with van der Waals surface area (Å²) in [7, 11) is 0. The first-order valence-electron chi connectivity index (χ1n) is 7.17. The van der Waals surface area contributed by atoms with Crippen molar-refractivity contribution in [2.75, 3.05) is 5.32 Å². The van der Waals surface area contributed by atoms with Crippen LogP contribution < -0.4 is 5.32 Å². The number of fused-ring (bicyclic) bond motifs is 1. The molecule has 1 aliphatic carbocycles. The van der Waals surface area contributed by atoms with Crippen molar-refractivity contribution < 1.29 is 0 Å². The third-order valence-corrected chi connectivity index (χ3v) is 3.86. The highest BCUT2D eigenvalue weighted by molar-refractivity contribution is 5.42. The Morgan fingerprint density at radius 2 is 1.95 bits per heavy atom. The van der Waals surface area contributed by atoms with Gasteiger partial charge >= 0.3 is 0 Å². The first-order valence-corrected chi connectivity index (χ1v) is 7.17. The molecule has 0 radical (unpaired) electrons. The Bertz CT molecular complexity index is 548. The van der Waals surface area contributed by atoms with Gasteiger partial charge in [0.2, 0.25) is 0 Å². The van der Waals surface area contributed by atoms with Crippen molar-refractivity contribution in [3.8, 4) is 0 Å². The van der Waals surface area contributed by atoms with Gasteiger partial charge in [0.15, 0.2) is 0 Å². The molecule has 1 N–H and O–H groups in total. The summed E-state index contributed by atoms with van der Waals surface area (Å²) in [5.74, 6) is 1.01. The minimum Gasteiger partial charge on any atom is -0.363 e. The summed E-state index contributed by atoms with van der Waals surface area (Å²) in [6, 6.07) is 15.3. The molecule has 0 amide bonds. The molecule has 3 rings (SSSR count). The molecule has 0 bridgehead atoms. The van der Waals surface area contributed by atoms with Gasteiger partial charge in [-0.25, -0.2) is 4.98 Å². The quantitative estimate of drug-likeness (QED) is 0.884. The predicted octanol–water partition coefficient (Wildman–Crippen LogP) is 4.13. The molecule has 2 heteroatoms. The Morgan fingerprint density at radius 3 is 2.74 bits per heavy atom. The summed E-state index contributed by atoms with van der Waals surface area (Å²) in [5, 5.41) is 3.56. The van der Waals surface area contributed by atoms with Gasteiger partial charge in [0.1, 0.15) is 5.82 Å². The summed E-state index contributed by atoms with van der Waals surface area (Å²) >= 11 is 0. The van der Waals surface area contributed by atoms with Gasteiger partial charge in [-0.2, -0.15) is 0 Å². The molecule has 0 spiro atoms. The van der Waals surface area contributed by atoms with E-state index in [2.05, 4.69) is 54.7 Å². The van der Waals surface area contributed by atoms with Crippen molar-refractivity contribution in [1.29, 1.82) is 0 Å². The maximum Gasteiger partial charge on any atom is 0.126 e. The molecule has 1 aromatic heterocycles. The van der Waals surface area contributed by atoms with Crippen molar-refractivity contribution in [2.45, 2.75) is 38.6 Å². The Kier molecular flexibility index (Phi) is 3.49. The zero-order valence-electron chi connectivity index (χ0n) is 11.4. The number of anilines is 1. The second kappa shape index (κ2) is 5.43. The molecule has 1 aromatic carbocycles. The van der Waals surface area contributed by atoms with Crippen LogP contribution in [0.1, 0.15) is 42.6 Å². The van der Waals surface area contributed by atoms with Gasteiger partial charge in [-0.1, -0.05) is 43.3 Å². The number of pyridine rings is 1. The normalized spacial score (nSPS) is 15.0. The minimum atomic E-state index is 0.341. The lowest BCUT2D eigenvalue weighted by Crippen LogP contribution is -2.11. The highest BCUT2D eigenvalue weighted by atomic mass is 15.0. The highest BCUT2D eigenvalue weighted by Gasteiger charge is 2.14. The molecule has 98 valence electrons. The predicted molar refractivity (Wildman–Crippen MR) is 79.4 cm³/mol. The SMILES string of the molecule is CCC(Nc1ccc2c(n1)CCC2)c1ccccc1. The first kappa shape index (κ1) is 12.2. The van der Waals surface area contributed by atoms with E-state index in [0.29, 0.717) is 6.04 Å². The summed E-state index contributed by atoms with van der Waals surface area (Å²) in [6.07, 6.45) is 4.63. The van der Waals surface area contributed by atoms with Crippen molar-refractivity contribution in [1.82, 2.24) is 4.98 Å². The largest absolute Gasteiger partial charge is 0.363 e. The van der Waals surface area contributed by atoms with Crippen LogP contribution in [0, 0.1) is 0 Å². The smallest absolute Gasteiger partial charge is 0.126 e. The summed E-state index contributed by atoms with van der Waals surface area (Å²) in [6.45, 7) is 2.21. The Morgan fingerprint density at radius 1 is 1.11 bits per heavy atom. The Hall–Kier alpha value is -1.83. The molecule has 0 saturated heterocycles. The number of nitrogens with one attached hydrogen (secondary N) is 1. The summed E-state index contributed by atoms with van der Waals surface area (Å²) in [4.78, 5) is 4.76. The molecular weight excluding hydrogens is 232 g/mol. The maximum absolute atomic E-state index is 4.76. The highest BCUT2D eigenvalue weighted by Crippen LogP contribution is 2.25. The molecule has 1 heterocycles. The zero-order valence-corrected chi connectivity index (χ0v) is 11.4. The molecule has 2 aromatic rings. The lowest BCUT2D eigenvalue weighted by atomic mass is 10.0. The topological polar surface area (TPSA) is 24.9 Å². The van der Waals surface area contributed by atoms with E-state index in [9.17, 15) is 0 Å². The maximum atomic E-state index is 4.76. The number of aryl methyl sites for hydroxylation is 2. The van der Waals surface area contributed by atoms with Crippen LogP contribution in [-0.4, -0.2) is 4.98 Å². The van der Waals surface area contributed by atoms with Crippen LogP contribution in [-0.2, 0) is 12.8 Å². The van der Waals surface area contributed by atoms with Gasteiger partial charge in [0, 0.05) is 5.69 Å². The average Bonchev–Trinajstić information content (AvgIpc) is 2.93. The number of benzene rings is 1. The van der Waals surface area contributed by atoms with Gasteiger partial charge in [-0.15, -0.1) is 0 Å². The van der Waals surface area contributed by atoms with E-state index in [0.717, 1.165) is 18.7 Å². The van der Waals surface area contributed by atoms with Crippen molar-refractivity contribution >= 4 is 5.82 Å². The number of aromatic nitrogens is 1. The van der Waals surface area contributed by atoms with Crippen molar-refractivity contribution in [3.63, 3.8) is 0 Å². The summed E-state index contributed by atoms with van der Waals surface area (Å²) in [5.41, 5.74) is 4.04. The van der Waals surface area contributed by atoms with E-state index in [4.69, 9.17) is 4.98 Å². The van der Waals surface area contributed by atoms with E-state index in [1.807, 2.05) is 0 Å². The second-order valence-corrected chi connectivity index (χ2v) is 5.17. The molecule has 1 aliphatic rings. The lowest BCUT2D eigenvalue weighted by molar-refractivity contribution is 0.743. The second-order valence-electron chi connectivity index (χ2n) is 5.17. The van der Waals surface area contributed by atoms with Gasteiger partial charge in [-0.05, 0) is 42.9 Å². The fourth-order valence-electron chi connectivity index (χ4n) is 2.79. The minimum absolute atomic E-state index is 0.341. The van der Waals surface area contributed by atoms with Crippen molar-refractivity contribution in [2.24, 2.45) is 0 Å². The van der Waals surface area contributed by atoms with Gasteiger partial charge < -0.3 is 5.32 Å². The lowest BCUT2D eigenvalue weighted by Gasteiger charge is -2.18. The molecule has 19 heavy (non-hydrogen) atoms. The molecule has 0 saturated carbocycles. The number of hydrogen-bond donors (Lipinski definition) is 1. The van der Waals surface area contributed by atoms with E-state index in [-0.39, 0.29) is 0 Å². The average molecular weight is 252 g/mol. The zero-order chi connectivity index (χ0) is 13.1. The summed E-state index contributed by atoms with van der Waals surface area (Å²) < 4.78 is 0. The van der Waals surface area contributed by atoms with Crippen LogP contribution >= 0.6 is 0 Å². The third kappa shape index (κ3) is 2.62. The number of nitrogens with zero attached hydrogens (tertiary/aromatic N) is 1. The standard InChI is InChI=1S/C17H20N2/c1-2-15(13-7-4-3-5-8-13)18-17-12-11-14-9-6-10-16(14)19-17/h3-5,7-8,11-12,15H,2,6,9-10H2,1H3,(H,18,19). The van der Waals surface area contributed by atoms with E-state index in [1.54, 1.807) is 0 Å². The number of hydrogen-bond acceptors (Lipinski definition) is 2. The van der Waals surface area contributed by atoms with Crippen LogP contribution in [0.15, 0.2) is 42.5 Å². The van der Waals surface area contributed by atoms with Crippen LogP contribution in [0.2, 0.25) is 0 Å². The van der Waals surface area contributed by atoms with Crippen LogP contribution in [0.3, 0.4) is 0 Å². The monoisotopic (exact) mass is 252 g/mol. The molecule has 0 fully saturated rings. The first-order chi connectivity index (χ1) is 9.36. The fraction of sp³-hybridized carbons (Fsp3) is 0.353. The molecule has 0 aliphatic heterocycles. The van der Waals surface area contributed by atoms with Crippen LogP contribution in [0.25, 0.3) is 0 Å². The van der Waals surface area contributed by atoms with E-state index in [1.165, 1.54) is 29.7 Å². The Balaban J connectivity index is 1.80. The Labute approximate surface area is 114 Å². The molecule has 1 atom stereocenters. The van der Waals surface area contributed by atoms with Gasteiger partial charge in [-0.3, -0.25) is 0 Å². The molecular formula is C17H20N2. The van der Waals surface area contributed by atoms with Gasteiger partial charge in [0.05, 0.1) is 6.04 Å². The van der Waals surface area contributed by atoms with Crippen molar-refractivity contribution in [3.05, 3.63) is 59.3 Å². The molecule has 1 unspecified atom stereocenters. The number of rotatable bonds is 4. The van der Waals surface area contributed by atoms with E-state index >= 15 is 0 Å².